The summed E-state index contributed by atoms with van der Waals surface area (Å²) in [4.78, 5) is 11.1. The molecular weight excluding hydrogens is 196 g/mol. The molecule has 0 aliphatic carbocycles. The quantitative estimate of drug-likeness (QED) is 0.820. The van der Waals surface area contributed by atoms with Gasteiger partial charge in [0.1, 0.15) is 5.75 Å². The van der Waals surface area contributed by atoms with Gasteiger partial charge in [-0.3, -0.25) is 0 Å². The van der Waals surface area contributed by atoms with E-state index in [1.165, 1.54) is 21.1 Å². The average molecular weight is 210 g/mol. The predicted octanol–water partition coefficient (Wildman–Crippen LogP) is 1.64. The van der Waals surface area contributed by atoms with E-state index >= 15 is 0 Å². The molecule has 0 spiro atoms. The van der Waals surface area contributed by atoms with E-state index in [1.807, 2.05) is 0 Å². The van der Waals surface area contributed by atoms with Gasteiger partial charge in [-0.15, -0.1) is 0 Å². The summed E-state index contributed by atoms with van der Waals surface area (Å²) in [6.45, 7) is 1.50. The highest BCUT2D eigenvalue weighted by atomic mass is 16.5. The van der Waals surface area contributed by atoms with E-state index < -0.39 is 11.6 Å². The Labute approximate surface area is 88.4 Å². The van der Waals surface area contributed by atoms with Crippen LogP contribution in [0, 0.1) is 0 Å². The number of hydrogen-bond donors (Lipinski definition) is 1. The second-order valence-electron chi connectivity index (χ2n) is 3.27. The van der Waals surface area contributed by atoms with Crippen molar-refractivity contribution in [1.29, 1.82) is 0 Å². The largest absolute Gasteiger partial charge is 0.497 e. The fraction of sp³-hybridized carbons (Fsp3) is 0.364. The summed E-state index contributed by atoms with van der Waals surface area (Å²) in [5, 5.41) is 9.08. The van der Waals surface area contributed by atoms with Gasteiger partial charge in [0, 0.05) is 7.11 Å². The van der Waals surface area contributed by atoms with Gasteiger partial charge in [0.2, 0.25) is 0 Å². The minimum atomic E-state index is -1.34. The van der Waals surface area contributed by atoms with E-state index in [9.17, 15) is 4.79 Å². The smallest absolute Gasteiger partial charge is 0.340 e. The molecular formula is C11H14O4. The molecule has 1 aromatic carbocycles. The van der Waals surface area contributed by atoms with Crippen LogP contribution in [0.25, 0.3) is 0 Å². The van der Waals surface area contributed by atoms with Crippen LogP contribution in [-0.2, 0) is 15.1 Å². The zero-order valence-corrected chi connectivity index (χ0v) is 8.98. The van der Waals surface area contributed by atoms with Gasteiger partial charge in [-0.25, -0.2) is 4.79 Å². The lowest BCUT2D eigenvalue weighted by molar-refractivity contribution is -0.161. The van der Waals surface area contributed by atoms with Gasteiger partial charge in [0.05, 0.1) is 7.11 Å². The molecule has 15 heavy (non-hydrogen) atoms. The van der Waals surface area contributed by atoms with Crippen LogP contribution in [0.1, 0.15) is 12.5 Å². The molecule has 1 unspecified atom stereocenters. The third-order valence-corrected chi connectivity index (χ3v) is 2.44. The number of carboxylic acids is 1. The summed E-state index contributed by atoms with van der Waals surface area (Å²) < 4.78 is 10.1. The average Bonchev–Trinajstić information content (AvgIpc) is 2.27. The third-order valence-electron chi connectivity index (χ3n) is 2.44. The Morgan fingerprint density at radius 3 is 2.53 bits per heavy atom. The van der Waals surface area contributed by atoms with Crippen LogP contribution < -0.4 is 4.74 Å². The van der Waals surface area contributed by atoms with Crippen molar-refractivity contribution >= 4 is 5.97 Å². The van der Waals surface area contributed by atoms with Gasteiger partial charge in [-0.05, 0) is 24.6 Å². The van der Waals surface area contributed by atoms with Crippen LogP contribution in [0.15, 0.2) is 24.3 Å². The van der Waals surface area contributed by atoms with Crippen LogP contribution in [0.3, 0.4) is 0 Å². The Hall–Kier alpha value is -1.55. The van der Waals surface area contributed by atoms with Crippen molar-refractivity contribution in [2.24, 2.45) is 0 Å². The van der Waals surface area contributed by atoms with Gasteiger partial charge < -0.3 is 14.6 Å². The van der Waals surface area contributed by atoms with E-state index in [-0.39, 0.29) is 0 Å². The topological polar surface area (TPSA) is 55.8 Å². The van der Waals surface area contributed by atoms with Crippen molar-refractivity contribution < 1.29 is 19.4 Å². The van der Waals surface area contributed by atoms with Crippen molar-refractivity contribution in [3.05, 3.63) is 29.8 Å². The van der Waals surface area contributed by atoms with Crippen molar-refractivity contribution in [2.45, 2.75) is 12.5 Å². The molecule has 0 heterocycles. The highest BCUT2D eigenvalue weighted by Crippen LogP contribution is 2.27. The van der Waals surface area contributed by atoms with Gasteiger partial charge in [0.25, 0.3) is 0 Å². The summed E-state index contributed by atoms with van der Waals surface area (Å²) in [7, 11) is 2.90. The Balaban J connectivity index is 3.18. The summed E-state index contributed by atoms with van der Waals surface area (Å²) in [5.74, 6) is -0.421. The Kier molecular flexibility index (Phi) is 3.31. The monoisotopic (exact) mass is 210 g/mol. The Bertz CT molecular complexity index is 361. The molecule has 1 rings (SSSR count). The summed E-state index contributed by atoms with van der Waals surface area (Å²) in [6, 6.07) is 6.83. The number of rotatable bonds is 4. The summed E-state index contributed by atoms with van der Waals surface area (Å²) in [6.07, 6.45) is 0. The number of carboxylic acid groups (broad SMARTS) is 1. The van der Waals surface area contributed by atoms with Gasteiger partial charge in [-0.1, -0.05) is 12.1 Å². The van der Waals surface area contributed by atoms with Crippen molar-refractivity contribution in [3.8, 4) is 5.75 Å². The maximum atomic E-state index is 11.1. The number of aliphatic carboxylic acids is 1. The molecule has 4 nitrogen and oxygen atoms in total. The first-order valence-corrected chi connectivity index (χ1v) is 4.47. The molecule has 1 atom stereocenters. The lowest BCUT2D eigenvalue weighted by Gasteiger charge is -2.23. The molecule has 0 aliphatic rings. The number of benzene rings is 1. The lowest BCUT2D eigenvalue weighted by atomic mass is 9.96. The molecule has 0 aromatic heterocycles. The standard InChI is InChI=1S/C11H14O4/c1-11(15-3,10(12)13)8-5-4-6-9(7-8)14-2/h4-7H,1-3H3,(H,12,13). The maximum Gasteiger partial charge on any atom is 0.340 e. The molecule has 82 valence electrons. The Morgan fingerprint density at radius 1 is 1.40 bits per heavy atom. The number of ether oxygens (including phenoxy) is 2. The molecule has 0 saturated heterocycles. The number of methoxy groups -OCH3 is 2. The van der Waals surface area contributed by atoms with Crippen LogP contribution in [0.5, 0.6) is 5.75 Å². The summed E-state index contributed by atoms with van der Waals surface area (Å²) >= 11 is 0. The van der Waals surface area contributed by atoms with E-state index in [1.54, 1.807) is 24.3 Å². The molecule has 1 N–H and O–H groups in total. The normalized spacial score (nSPS) is 14.3. The first kappa shape index (κ1) is 11.5. The fourth-order valence-corrected chi connectivity index (χ4v) is 1.25. The highest BCUT2D eigenvalue weighted by molar-refractivity contribution is 5.79. The maximum absolute atomic E-state index is 11.1. The van der Waals surface area contributed by atoms with Crippen LogP contribution in [0.4, 0.5) is 0 Å². The minimum Gasteiger partial charge on any atom is -0.497 e. The second-order valence-corrected chi connectivity index (χ2v) is 3.27. The highest BCUT2D eigenvalue weighted by Gasteiger charge is 2.35. The third kappa shape index (κ3) is 2.10. The van der Waals surface area contributed by atoms with Crippen molar-refractivity contribution in [1.82, 2.24) is 0 Å². The number of carbonyl (C=O) groups is 1. The lowest BCUT2D eigenvalue weighted by Crippen LogP contribution is -2.34. The SMILES string of the molecule is COc1cccc(C(C)(OC)C(=O)O)c1. The first-order chi connectivity index (χ1) is 7.04. The summed E-state index contributed by atoms with van der Waals surface area (Å²) in [5.41, 5.74) is -0.786. The van der Waals surface area contributed by atoms with E-state index in [0.29, 0.717) is 11.3 Å². The fourth-order valence-electron chi connectivity index (χ4n) is 1.25. The van der Waals surface area contributed by atoms with Crippen molar-refractivity contribution in [2.75, 3.05) is 14.2 Å². The zero-order valence-electron chi connectivity index (χ0n) is 8.98. The zero-order chi connectivity index (χ0) is 11.5. The van der Waals surface area contributed by atoms with Crippen molar-refractivity contribution in [3.63, 3.8) is 0 Å². The van der Waals surface area contributed by atoms with Crippen LogP contribution in [-0.4, -0.2) is 25.3 Å². The molecule has 0 saturated carbocycles. The van der Waals surface area contributed by atoms with E-state index in [4.69, 9.17) is 14.6 Å². The minimum absolute atomic E-state index is 0.553. The molecule has 0 aliphatic heterocycles. The van der Waals surface area contributed by atoms with Crippen LogP contribution >= 0.6 is 0 Å². The molecule has 0 bridgehead atoms. The first-order valence-electron chi connectivity index (χ1n) is 4.47. The molecule has 0 amide bonds. The second kappa shape index (κ2) is 4.31. The molecule has 4 heteroatoms. The number of hydrogen-bond acceptors (Lipinski definition) is 3. The van der Waals surface area contributed by atoms with Crippen LogP contribution in [0.2, 0.25) is 0 Å². The van der Waals surface area contributed by atoms with Gasteiger partial charge in [0.15, 0.2) is 5.60 Å². The van der Waals surface area contributed by atoms with Gasteiger partial charge >= 0.3 is 5.97 Å². The van der Waals surface area contributed by atoms with E-state index in [2.05, 4.69) is 0 Å². The molecule has 1 aromatic rings. The molecule has 0 fully saturated rings. The van der Waals surface area contributed by atoms with Gasteiger partial charge in [-0.2, -0.15) is 0 Å². The molecule has 0 radical (unpaired) electrons. The van der Waals surface area contributed by atoms with E-state index in [0.717, 1.165) is 0 Å². The predicted molar refractivity (Wildman–Crippen MR) is 55.0 cm³/mol. The Morgan fingerprint density at radius 2 is 2.07 bits per heavy atom.